The van der Waals surface area contributed by atoms with Crippen LogP contribution < -0.4 is 0 Å². The molecule has 1 saturated carbocycles. The van der Waals surface area contributed by atoms with Crippen molar-refractivity contribution in [3.8, 4) is 0 Å². The van der Waals surface area contributed by atoms with E-state index in [2.05, 4.69) is 11.6 Å². The second-order valence-electron chi connectivity index (χ2n) is 5.89. The van der Waals surface area contributed by atoms with Crippen molar-refractivity contribution in [1.29, 1.82) is 0 Å². The molecule has 0 bridgehead atoms. The van der Waals surface area contributed by atoms with Crippen LogP contribution in [-0.2, 0) is 4.74 Å². The van der Waals surface area contributed by atoms with Gasteiger partial charge in [0, 0.05) is 0 Å². The Balaban J connectivity index is 1.89. The molecule has 0 amide bonds. The van der Waals surface area contributed by atoms with Gasteiger partial charge in [-0.15, -0.1) is 0 Å². The van der Waals surface area contributed by atoms with Gasteiger partial charge in [-0.1, -0.05) is 36.9 Å². The molecule has 120 valence electrons. The van der Waals surface area contributed by atoms with Crippen molar-refractivity contribution in [2.45, 2.75) is 37.8 Å². The third-order valence-electron chi connectivity index (χ3n) is 4.51. The minimum atomic E-state index is -0.809. The predicted octanol–water partition coefficient (Wildman–Crippen LogP) is 3.90. The van der Waals surface area contributed by atoms with Crippen molar-refractivity contribution in [2.24, 2.45) is 0 Å². The number of hydrogen-bond donors (Lipinski definition) is 0. The van der Waals surface area contributed by atoms with E-state index in [1.807, 2.05) is 37.3 Å². The van der Waals surface area contributed by atoms with Gasteiger partial charge in [-0.3, -0.25) is 0 Å². The molecule has 0 radical (unpaired) electrons. The van der Waals surface area contributed by atoms with E-state index in [0.717, 1.165) is 24.8 Å². The maximum Gasteiger partial charge on any atom is 0.360 e. The molecule has 1 heterocycles. The number of carbonyl (C=O) groups excluding carboxylic acids is 1. The van der Waals surface area contributed by atoms with Crippen LogP contribution in [0.25, 0.3) is 0 Å². The standard InChI is InChI=1S/C18H19FN2O2/c1-3-18(10-7-11-18)23-17(22)15-16(19)20-12-21(15)13(2)14-8-5-4-6-9-14/h3-6,8-9,12-13H,1,7,10-11H2,2H3/t13-/m1/s1. The predicted molar refractivity (Wildman–Crippen MR) is 84.6 cm³/mol. The first-order chi connectivity index (χ1) is 11.1. The molecule has 2 aromatic rings. The molecule has 3 rings (SSSR count). The Kier molecular flexibility index (Phi) is 4.03. The van der Waals surface area contributed by atoms with Gasteiger partial charge in [0.1, 0.15) is 5.60 Å². The van der Waals surface area contributed by atoms with Crippen molar-refractivity contribution in [1.82, 2.24) is 9.55 Å². The van der Waals surface area contributed by atoms with E-state index in [9.17, 15) is 9.18 Å². The largest absolute Gasteiger partial charge is 0.450 e. The highest BCUT2D eigenvalue weighted by Gasteiger charge is 2.39. The molecule has 0 saturated heterocycles. The normalized spacial score (nSPS) is 17.1. The summed E-state index contributed by atoms with van der Waals surface area (Å²) in [6.45, 7) is 5.61. The zero-order valence-corrected chi connectivity index (χ0v) is 13.0. The summed E-state index contributed by atoms with van der Waals surface area (Å²) >= 11 is 0. The Bertz CT molecular complexity index is 720. The minimum absolute atomic E-state index is 0.144. The number of rotatable bonds is 5. The topological polar surface area (TPSA) is 44.1 Å². The number of halogens is 1. The van der Waals surface area contributed by atoms with Crippen LogP contribution in [0.4, 0.5) is 4.39 Å². The Labute approximate surface area is 134 Å². The highest BCUT2D eigenvalue weighted by molar-refractivity contribution is 5.88. The summed E-state index contributed by atoms with van der Waals surface area (Å²) in [6, 6.07) is 9.33. The van der Waals surface area contributed by atoms with Gasteiger partial charge >= 0.3 is 5.97 Å². The molecule has 1 atom stereocenters. The fraction of sp³-hybridized carbons (Fsp3) is 0.333. The first-order valence-corrected chi connectivity index (χ1v) is 7.70. The lowest BCUT2D eigenvalue weighted by molar-refractivity contribution is -0.0327. The summed E-state index contributed by atoms with van der Waals surface area (Å²) in [7, 11) is 0. The molecule has 5 heteroatoms. The van der Waals surface area contributed by atoms with Gasteiger partial charge in [-0.2, -0.15) is 4.39 Å². The lowest BCUT2D eigenvalue weighted by Gasteiger charge is -2.38. The highest BCUT2D eigenvalue weighted by Crippen LogP contribution is 2.37. The SMILES string of the molecule is C=CC1(OC(=O)c2c(F)ncn2[C@H](C)c2ccccc2)CCC1. The zero-order chi connectivity index (χ0) is 16.4. The number of imidazole rings is 1. The lowest BCUT2D eigenvalue weighted by Crippen LogP contribution is -2.40. The number of hydrogen-bond acceptors (Lipinski definition) is 3. The Morgan fingerprint density at radius 1 is 1.43 bits per heavy atom. The van der Waals surface area contributed by atoms with Gasteiger partial charge in [-0.25, -0.2) is 9.78 Å². The van der Waals surface area contributed by atoms with E-state index in [0.29, 0.717) is 0 Å². The Morgan fingerprint density at radius 3 is 2.70 bits per heavy atom. The molecule has 1 aromatic heterocycles. The molecule has 0 spiro atoms. The second-order valence-corrected chi connectivity index (χ2v) is 5.89. The van der Waals surface area contributed by atoms with E-state index < -0.39 is 17.5 Å². The molecule has 0 unspecified atom stereocenters. The average Bonchev–Trinajstić information content (AvgIpc) is 2.92. The average molecular weight is 314 g/mol. The van der Waals surface area contributed by atoms with Gasteiger partial charge < -0.3 is 9.30 Å². The van der Waals surface area contributed by atoms with E-state index in [4.69, 9.17) is 4.74 Å². The monoisotopic (exact) mass is 314 g/mol. The first-order valence-electron chi connectivity index (χ1n) is 7.70. The Hall–Kier alpha value is -2.43. The number of carbonyl (C=O) groups is 1. The summed E-state index contributed by atoms with van der Waals surface area (Å²) < 4.78 is 21.1. The van der Waals surface area contributed by atoms with E-state index in [1.54, 1.807) is 6.08 Å². The van der Waals surface area contributed by atoms with Crippen molar-refractivity contribution in [3.63, 3.8) is 0 Å². The Morgan fingerprint density at radius 2 is 2.13 bits per heavy atom. The van der Waals surface area contributed by atoms with Gasteiger partial charge in [0.25, 0.3) is 0 Å². The maximum atomic E-state index is 14.1. The third-order valence-corrected chi connectivity index (χ3v) is 4.51. The molecule has 23 heavy (non-hydrogen) atoms. The maximum absolute atomic E-state index is 14.1. The van der Waals surface area contributed by atoms with Crippen LogP contribution in [0.1, 0.15) is 48.3 Å². The van der Waals surface area contributed by atoms with Gasteiger partial charge in [-0.05, 0) is 37.8 Å². The van der Waals surface area contributed by atoms with Crippen molar-refractivity contribution < 1.29 is 13.9 Å². The van der Waals surface area contributed by atoms with Crippen LogP contribution in [0.3, 0.4) is 0 Å². The summed E-state index contributed by atoms with van der Waals surface area (Å²) in [5.41, 5.74) is 0.157. The molecule has 1 aliphatic rings. The molecule has 1 aromatic carbocycles. The molecular formula is C18H19FN2O2. The third kappa shape index (κ3) is 2.79. The molecule has 4 nitrogen and oxygen atoms in total. The molecule has 0 N–H and O–H groups in total. The van der Waals surface area contributed by atoms with E-state index >= 15 is 0 Å². The summed E-state index contributed by atoms with van der Waals surface area (Å²) in [5, 5.41) is 0. The van der Waals surface area contributed by atoms with Gasteiger partial charge in [0.2, 0.25) is 5.95 Å². The van der Waals surface area contributed by atoms with Crippen molar-refractivity contribution in [3.05, 3.63) is 66.5 Å². The summed E-state index contributed by atoms with van der Waals surface area (Å²) in [4.78, 5) is 16.1. The summed E-state index contributed by atoms with van der Waals surface area (Å²) in [6.07, 6.45) is 5.40. The van der Waals surface area contributed by atoms with Gasteiger partial charge in [0.05, 0.1) is 12.4 Å². The van der Waals surface area contributed by atoms with Crippen LogP contribution in [0.15, 0.2) is 49.3 Å². The van der Waals surface area contributed by atoms with E-state index in [-0.39, 0.29) is 11.7 Å². The molecule has 1 fully saturated rings. The second kappa shape index (κ2) is 5.99. The number of aromatic nitrogens is 2. The zero-order valence-electron chi connectivity index (χ0n) is 13.0. The smallest absolute Gasteiger partial charge is 0.360 e. The number of ether oxygens (including phenoxy) is 1. The van der Waals surface area contributed by atoms with Crippen LogP contribution >= 0.6 is 0 Å². The number of nitrogens with zero attached hydrogens (tertiary/aromatic N) is 2. The van der Waals surface area contributed by atoms with Crippen LogP contribution in [0.2, 0.25) is 0 Å². The number of esters is 1. The van der Waals surface area contributed by atoms with Crippen LogP contribution in [0.5, 0.6) is 0 Å². The molecule has 1 aliphatic carbocycles. The molecular weight excluding hydrogens is 295 g/mol. The quantitative estimate of drug-likeness (QED) is 0.621. The van der Waals surface area contributed by atoms with Crippen molar-refractivity contribution >= 4 is 5.97 Å². The van der Waals surface area contributed by atoms with Crippen molar-refractivity contribution in [2.75, 3.05) is 0 Å². The summed E-state index contributed by atoms with van der Waals surface area (Å²) in [5.74, 6) is -1.50. The van der Waals surface area contributed by atoms with Crippen LogP contribution in [-0.4, -0.2) is 21.1 Å². The van der Waals surface area contributed by atoms with Gasteiger partial charge in [0.15, 0.2) is 5.69 Å². The first kappa shape index (κ1) is 15.5. The number of benzene rings is 1. The minimum Gasteiger partial charge on any atom is -0.450 e. The van der Waals surface area contributed by atoms with E-state index in [1.165, 1.54) is 10.9 Å². The highest BCUT2D eigenvalue weighted by atomic mass is 19.1. The fourth-order valence-electron chi connectivity index (χ4n) is 2.82. The lowest BCUT2D eigenvalue weighted by atomic mass is 9.80. The molecule has 0 aliphatic heterocycles. The fourth-order valence-corrected chi connectivity index (χ4v) is 2.82. The van der Waals surface area contributed by atoms with Crippen LogP contribution in [0, 0.1) is 5.95 Å².